The summed E-state index contributed by atoms with van der Waals surface area (Å²) in [5.41, 5.74) is 1.22. The second kappa shape index (κ2) is 6.24. The number of rotatable bonds is 5. The molecule has 1 aliphatic carbocycles. The number of fused-ring (bicyclic) bond motifs is 1. The predicted octanol–water partition coefficient (Wildman–Crippen LogP) is 1.98. The van der Waals surface area contributed by atoms with Gasteiger partial charge in [0, 0.05) is 6.07 Å². The molecule has 3 N–H and O–H groups in total. The van der Waals surface area contributed by atoms with E-state index in [4.69, 9.17) is 0 Å². The van der Waals surface area contributed by atoms with Crippen molar-refractivity contribution in [1.29, 1.82) is 0 Å². The fourth-order valence-electron chi connectivity index (χ4n) is 2.96. The number of aromatic nitrogens is 6. The number of nitrogens with one attached hydrogen (secondary N) is 2. The van der Waals surface area contributed by atoms with Crippen molar-refractivity contribution in [3.63, 3.8) is 0 Å². The van der Waals surface area contributed by atoms with Gasteiger partial charge in [0.15, 0.2) is 17.3 Å². The van der Waals surface area contributed by atoms with E-state index < -0.39 is 6.61 Å². The minimum absolute atomic E-state index is 0.0773. The molecule has 0 saturated heterocycles. The number of nitrogens with zero attached hydrogens (tertiary/aromatic N) is 5. The molecule has 3 aromatic rings. The Balaban J connectivity index is 1.57. The molecule has 3 aromatic heterocycles. The highest BCUT2D eigenvalue weighted by molar-refractivity contribution is 5.72. The first-order valence-electron chi connectivity index (χ1n) is 7.74. The van der Waals surface area contributed by atoms with Gasteiger partial charge in [0.2, 0.25) is 5.88 Å². The molecule has 25 heavy (non-hydrogen) atoms. The van der Waals surface area contributed by atoms with Crippen LogP contribution in [0.1, 0.15) is 25.3 Å². The SMILES string of the molecule is O[C@H]1CC[C@@H](n2ncc3ncc(Nc4cc(OC(F)F)[nH]n4)nc32)C1. The minimum Gasteiger partial charge on any atom is -0.417 e. The zero-order chi connectivity index (χ0) is 17.4. The Bertz CT molecular complexity index is 881. The fourth-order valence-corrected chi connectivity index (χ4v) is 2.96. The van der Waals surface area contributed by atoms with Crippen LogP contribution in [0.25, 0.3) is 11.2 Å². The lowest BCUT2D eigenvalue weighted by molar-refractivity contribution is -0.0528. The van der Waals surface area contributed by atoms with Gasteiger partial charge in [0.1, 0.15) is 5.52 Å². The van der Waals surface area contributed by atoms with Crippen molar-refractivity contribution in [3.05, 3.63) is 18.5 Å². The van der Waals surface area contributed by atoms with Gasteiger partial charge < -0.3 is 15.2 Å². The van der Waals surface area contributed by atoms with E-state index in [2.05, 4.69) is 35.3 Å². The lowest BCUT2D eigenvalue weighted by atomic mass is 10.2. The number of anilines is 2. The Morgan fingerprint density at radius 2 is 2.20 bits per heavy atom. The summed E-state index contributed by atoms with van der Waals surface area (Å²) >= 11 is 0. The van der Waals surface area contributed by atoms with Crippen LogP contribution in [0, 0.1) is 0 Å². The highest BCUT2D eigenvalue weighted by atomic mass is 19.3. The van der Waals surface area contributed by atoms with Crippen LogP contribution in [0.4, 0.5) is 20.4 Å². The number of halogens is 2. The number of hydrogen-bond acceptors (Lipinski definition) is 7. The number of aromatic amines is 1. The van der Waals surface area contributed by atoms with E-state index in [1.807, 2.05) is 0 Å². The number of ether oxygens (including phenoxy) is 1. The van der Waals surface area contributed by atoms with E-state index in [0.717, 1.165) is 12.8 Å². The third-order valence-corrected chi connectivity index (χ3v) is 4.05. The fraction of sp³-hybridized carbons (Fsp3) is 0.429. The van der Waals surface area contributed by atoms with Crippen LogP contribution in [0.3, 0.4) is 0 Å². The Morgan fingerprint density at radius 3 is 2.96 bits per heavy atom. The second-order valence-electron chi connectivity index (χ2n) is 5.79. The van der Waals surface area contributed by atoms with Crippen LogP contribution in [0.2, 0.25) is 0 Å². The highest BCUT2D eigenvalue weighted by Crippen LogP contribution is 2.31. The lowest BCUT2D eigenvalue weighted by Gasteiger charge is -2.11. The van der Waals surface area contributed by atoms with Crippen LogP contribution in [-0.4, -0.2) is 47.8 Å². The average molecular weight is 351 g/mol. The number of hydrogen-bond donors (Lipinski definition) is 3. The first-order chi connectivity index (χ1) is 12.1. The van der Waals surface area contributed by atoms with E-state index in [0.29, 0.717) is 23.4 Å². The normalized spacial score (nSPS) is 20.5. The van der Waals surface area contributed by atoms with Crippen LogP contribution in [-0.2, 0) is 0 Å². The van der Waals surface area contributed by atoms with Crippen molar-refractivity contribution in [2.75, 3.05) is 5.32 Å². The van der Waals surface area contributed by atoms with Crippen molar-refractivity contribution in [2.45, 2.75) is 38.0 Å². The first-order valence-corrected chi connectivity index (χ1v) is 7.74. The lowest BCUT2D eigenvalue weighted by Crippen LogP contribution is -2.10. The van der Waals surface area contributed by atoms with E-state index >= 15 is 0 Å². The molecule has 1 aliphatic rings. The average Bonchev–Trinajstić information content (AvgIpc) is 3.27. The minimum atomic E-state index is -2.93. The molecule has 0 unspecified atom stereocenters. The van der Waals surface area contributed by atoms with Crippen LogP contribution in [0.5, 0.6) is 5.88 Å². The van der Waals surface area contributed by atoms with Crippen LogP contribution < -0.4 is 10.1 Å². The highest BCUT2D eigenvalue weighted by Gasteiger charge is 2.26. The van der Waals surface area contributed by atoms with E-state index in [1.165, 1.54) is 12.3 Å². The molecule has 0 spiro atoms. The van der Waals surface area contributed by atoms with E-state index in [9.17, 15) is 13.9 Å². The molecule has 0 amide bonds. The molecular formula is C14H15F2N7O2. The van der Waals surface area contributed by atoms with Gasteiger partial charge in [-0.1, -0.05) is 0 Å². The molecule has 1 fully saturated rings. The smallest absolute Gasteiger partial charge is 0.388 e. The summed E-state index contributed by atoms with van der Waals surface area (Å²) < 4.78 is 30.3. The van der Waals surface area contributed by atoms with Gasteiger partial charge in [-0.05, 0) is 19.3 Å². The van der Waals surface area contributed by atoms with Gasteiger partial charge in [-0.25, -0.2) is 19.7 Å². The van der Waals surface area contributed by atoms with Crippen LogP contribution >= 0.6 is 0 Å². The molecule has 132 valence electrons. The molecule has 0 aliphatic heterocycles. The van der Waals surface area contributed by atoms with E-state index in [-0.39, 0.29) is 23.8 Å². The molecule has 9 nitrogen and oxygen atoms in total. The summed E-state index contributed by atoms with van der Waals surface area (Å²) in [5, 5.41) is 23.1. The number of H-pyrrole nitrogens is 1. The van der Waals surface area contributed by atoms with Gasteiger partial charge in [-0.3, -0.25) is 0 Å². The molecular weight excluding hydrogens is 336 g/mol. The van der Waals surface area contributed by atoms with E-state index in [1.54, 1.807) is 10.9 Å². The van der Waals surface area contributed by atoms with Crippen molar-refractivity contribution in [1.82, 2.24) is 29.9 Å². The topological polar surface area (TPSA) is 114 Å². The zero-order valence-corrected chi connectivity index (χ0v) is 12.9. The summed E-state index contributed by atoms with van der Waals surface area (Å²) in [6.07, 6.45) is 4.99. The van der Waals surface area contributed by atoms with Gasteiger partial charge in [0.25, 0.3) is 0 Å². The Labute approximate surface area is 140 Å². The summed E-state index contributed by atoms with van der Waals surface area (Å²) in [6.45, 7) is -2.93. The number of aliphatic hydroxyl groups excluding tert-OH is 1. The molecule has 0 aromatic carbocycles. The zero-order valence-electron chi connectivity index (χ0n) is 12.9. The third-order valence-electron chi connectivity index (χ3n) is 4.05. The molecule has 4 rings (SSSR count). The Hall–Kier alpha value is -2.82. The number of aliphatic hydroxyl groups is 1. The molecule has 3 heterocycles. The van der Waals surface area contributed by atoms with Gasteiger partial charge in [0.05, 0.1) is 24.5 Å². The standard InChI is InChI=1S/C14H15F2N7O2/c15-14(16)25-12-4-10(21-22-12)19-11-6-17-9-5-18-23(13(9)20-11)7-1-2-8(24)3-7/h4-8,14,24H,1-3H2,(H2,19,20,21,22)/t7-,8+/m1/s1. The third kappa shape index (κ3) is 3.22. The summed E-state index contributed by atoms with van der Waals surface area (Å²) in [7, 11) is 0. The molecule has 11 heteroatoms. The number of alkyl halides is 2. The summed E-state index contributed by atoms with van der Waals surface area (Å²) in [6, 6.07) is 1.37. The van der Waals surface area contributed by atoms with Crippen molar-refractivity contribution < 1.29 is 18.6 Å². The predicted molar refractivity (Wildman–Crippen MR) is 82.7 cm³/mol. The van der Waals surface area contributed by atoms with Crippen molar-refractivity contribution in [2.24, 2.45) is 0 Å². The van der Waals surface area contributed by atoms with Crippen molar-refractivity contribution in [3.8, 4) is 5.88 Å². The Kier molecular flexibility index (Phi) is 3.92. The second-order valence-corrected chi connectivity index (χ2v) is 5.79. The Morgan fingerprint density at radius 1 is 1.32 bits per heavy atom. The molecule has 0 bridgehead atoms. The first kappa shape index (κ1) is 15.7. The molecule has 0 radical (unpaired) electrons. The maximum Gasteiger partial charge on any atom is 0.388 e. The molecule has 1 saturated carbocycles. The summed E-state index contributed by atoms with van der Waals surface area (Å²) in [4.78, 5) is 8.76. The maximum atomic E-state index is 12.2. The van der Waals surface area contributed by atoms with Gasteiger partial charge in [-0.2, -0.15) is 19.0 Å². The summed E-state index contributed by atoms with van der Waals surface area (Å²) in [5.74, 6) is 0.506. The largest absolute Gasteiger partial charge is 0.417 e. The maximum absolute atomic E-state index is 12.2. The van der Waals surface area contributed by atoms with Gasteiger partial charge >= 0.3 is 6.61 Å². The monoisotopic (exact) mass is 351 g/mol. The van der Waals surface area contributed by atoms with Gasteiger partial charge in [-0.15, -0.1) is 0 Å². The van der Waals surface area contributed by atoms with Crippen molar-refractivity contribution >= 4 is 22.8 Å². The molecule has 2 atom stereocenters. The van der Waals surface area contributed by atoms with Crippen LogP contribution in [0.15, 0.2) is 18.5 Å². The quantitative estimate of drug-likeness (QED) is 0.644.